The summed E-state index contributed by atoms with van der Waals surface area (Å²) in [6.45, 7) is 5.08. The molecule has 140 valence electrons. The van der Waals surface area contributed by atoms with Crippen LogP contribution in [0.3, 0.4) is 0 Å². The van der Waals surface area contributed by atoms with Gasteiger partial charge in [0.2, 0.25) is 0 Å². The third-order valence-corrected chi connectivity index (χ3v) is 4.43. The standard InChI is InChI=1S/C17H26N2O6/c20-4-8-24-16-1-5-23-12-15(16)18-17(21)13-9-14(25-11-13)10-19-2-6-22-7-3-19/h9,11,15-16,20H,1-8,10,12H2,(H,18,21)/t15-,16+/m1/s1. The maximum absolute atomic E-state index is 12.5. The third-order valence-electron chi connectivity index (χ3n) is 4.43. The number of ether oxygens (including phenoxy) is 3. The Hall–Kier alpha value is -1.45. The highest BCUT2D eigenvalue weighted by molar-refractivity contribution is 5.94. The van der Waals surface area contributed by atoms with Crippen LogP contribution in [-0.4, -0.2) is 80.8 Å². The van der Waals surface area contributed by atoms with E-state index in [1.54, 1.807) is 6.07 Å². The molecule has 3 heterocycles. The van der Waals surface area contributed by atoms with Gasteiger partial charge >= 0.3 is 0 Å². The van der Waals surface area contributed by atoms with Crippen molar-refractivity contribution in [1.82, 2.24) is 10.2 Å². The maximum Gasteiger partial charge on any atom is 0.254 e. The number of furan rings is 1. The number of nitrogens with zero attached hydrogens (tertiary/aromatic N) is 1. The van der Waals surface area contributed by atoms with Gasteiger partial charge in [-0.15, -0.1) is 0 Å². The Morgan fingerprint density at radius 2 is 2.16 bits per heavy atom. The molecular formula is C17H26N2O6. The minimum Gasteiger partial charge on any atom is -0.467 e. The van der Waals surface area contributed by atoms with Crippen molar-refractivity contribution in [2.75, 3.05) is 52.7 Å². The lowest BCUT2D eigenvalue weighted by Gasteiger charge is -2.31. The average Bonchev–Trinajstić information content (AvgIpc) is 3.10. The number of carbonyl (C=O) groups is 1. The van der Waals surface area contributed by atoms with E-state index >= 15 is 0 Å². The number of carbonyl (C=O) groups excluding carboxylic acids is 1. The Balaban J connectivity index is 1.53. The van der Waals surface area contributed by atoms with E-state index < -0.39 is 0 Å². The van der Waals surface area contributed by atoms with E-state index in [0.29, 0.717) is 31.7 Å². The van der Waals surface area contributed by atoms with Gasteiger partial charge in [-0.25, -0.2) is 0 Å². The Morgan fingerprint density at radius 3 is 2.96 bits per heavy atom. The van der Waals surface area contributed by atoms with Gasteiger partial charge in [0, 0.05) is 19.7 Å². The second-order valence-electron chi connectivity index (χ2n) is 6.27. The zero-order valence-corrected chi connectivity index (χ0v) is 14.3. The van der Waals surface area contributed by atoms with Crippen molar-refractivity contribution < 1.29 is 28.5 Å². The molecule has 0 bridgehead atoms. The molecule has 2 atom stereocenters. The Bertz CT molecular complexity index is 543. The first-order valence-electron chi connectivity index (χ1n) is 8.75. The first kappa shape index (κ1) is 18.3. The summed E-state index contributed by atoms with van der Waals surface area (Å²) in [6.07, 6.45) is 2.03. The summed E-state index contributed by atoms with van der Waals surface area (Å²) in [5.74, 6) is 0.560. The minimum absolute atomic E-state index is 0.0370. The molecule has 25 heavy (non-hydrogen) atoms. The number of morpholine rings is 1. The molecule has 0 aliphatic carbocycles. The SMILES string of the molecule is O=C(N[C@@H]1COCC[C@@H]1OCCO)c1coc(CN2CCOCC2)c1. The van der Waals surface area contributed by atoms with Gasteiger partial charge in [-0.1, -0.05) is 0 Å². The number of nitrogens with one attached hydrogen (secondary N) is 1. The van der Waals surface area contributed by atoms with Crippen LogP contribution >= 0.6 is 0 Å². The van der Waals surface area contributed by atoms with Crippen molar-refractivity contribution in [3.05, 3.63) is 23.7 Å². The first-order valence-corrected chi connectivity index (χ1v) is 8.75. The van der Waals surface area contributed by atoms with Crippen LogP contribution in [0.1, 0.15) is 22.5 Å². The summed E-state index contributed by atoms with van der Waals surface area (Å²) < 4.78 is 21.9. The molecule has 0 aromatic carbocycles. The van der Waals surface area contributed by atoms with Crippen molar-refractivity contribution in [3.8, 4) is 0 Å². The van der Waals surface area contributed by atoms with E-state index in [-0.39, 0.29) is 31.3 Å². The fourth-order valence-corrected chi connectivity index (χ4v) is 3.07. The van der Waals surface area contributed by atoms with E-state index in [1.165, 1.54) is 6.26 Å². The third kappa shape index (κ3) is 5.26. The second kappa shape index (κ2) is 9.30. The number of aliphatic hydroxyl groups excluding tert-OH is 1. The molecule has 2 aliphatic heterocycles. The average molecular weight is 354 g/mol. The molecule has 2 saturated heterocycles. The van der Waals surface area contributed by atoms with Gasteiger partial charge in [0.05, 0.1) is 57.3 Å². The quantitative estimate of drug-likeness (QED) is 0.712. The molecule has 0 saturated carbocycles. The number of hydrogen-bond donors (Lipinski definition) is 2. The van der Waals surface area contributed by atoms with Gasteiger partial charge in [-0.2, -0.15) is 0 Å². The minimum atomic E-state index is -0.231. The Morgan fingerprint density at radius 1 is 1.32 bits per heavy atom. The molecule has 8 nitrogen and oxygen atoms in total. The molecule has 1 amide bonds. The summed E-state index contributed by atoms with van der Waals surface area (Å²) in [7, 11) is 0. The van der Waals surface area contributed by atoms with Crippen molar-refractivity contribution in [2.24, 2.45) is 0 Å². The van der Waals surface area contributed by atoms with Crippen LogP contribution in [0.25, 0.3) is 0 Å². The van der Waals surface area contributed by atoms with Crippen LogP contribution in [0, 0.1) is 0 Å². The molecule has 1 aromatic heterocycles. The summed E-state index contributed by atoms with van der Waals surface area (Å²) in [4.78, 5) is 14.7. The smallest absolute Gasteiger partial charge is 0.254 e. The summed E-state index contributed by atoms with van der Waals surface area (Å²) in [5, 5.41) is 11.9. The molecule has 2 aliphatic rings. The number of hydrogen-bond acceptors (Lipinski definition) is 7. The van der Waals surface area contributed by atoms with Gasteiger partial charge < -0.3 is 29.1 Å². The lowest BCUT2D eigenvalue weighted by molar-refractivity contribution is -0.0612. The van der Waals surface area contributed by atoms with Crippen molar-refractivity contribution in [1.29, 1.82) is 0 Å². The lowest BCUT2D eigenvalue weighted by Crippen LogP contribution is -2.50. The molecule has 8 heteroatoms. The van der Waals surface area contributed by atoms with E-state index in [2.05, 4.69) is 10.2 Å². The Labute approximate surface area is 147 Å². The normalized spacial score (nSPS) is 25.0. The molecule has 2 fully saturated rings. The number of amides is 1. The van der Waals surface area contributed by atoms with Crippen LogP contribution in [-0.2, 0) is 20.8 Å². The molecule has 0 radical (unpaired) electrons. The molecule has 0 spiro atoms. The fraction of sp³-hybridized carbons (Fsp3) is 0.706. The van der Waals surface area contributed by atoms with Crippen LogP contribution in [0.15, 0.2) is 16.7 Å². The van der Waals surface area contributed by atoms with Crippen LogP contribution < -0.4 is 5.32 Å². The van der Waals surface area contributed by atoms with Gasteiger partial charge in [0.25, 0.3) is 5.91 Å². The highest BCUT2D eigenvalue weighted by atomic mass is 16.5. The molecule has 2 N–H and O–H groups in total. The molecule has 1 aromatic rings. The lowest BCUT2D eigenvalue weighted by atomic mass is 10.1. The number of rotatable bonds is 7. The summed E-state index contributed by atoms with van der Waals surface area (Å²) >= 11 is 0. The molecular weight excluding hydrogens is 328 g/mol. The monoisotopic (exact) mass is 354 g/mol. The largest absolute Gasteiger partial charge is 0.467 e. The predicted octanol–water partition coefficient (Wildman–Crippen LogP) is 0.00800. The van der Waals surface area contributed by atoms with Crippen LogP contribution in [0.4, 0.5) is 0 Å². The van der Waals surface area contributed by atoms with Gasteiger partial charge in [-0.05, 0) is 12.5 Å². The molecule has 3 rings (SSSR count). The highest BCUT2D eigenvalue weighted by Crippen LogP contribution is 2.15. The van der Waals surface area contributed by atoms with E-state index in [4.69, 9.17) is 23.7 Å². The zero-order valence-electron chi connectivity index (χ0n) is 14.3. The van der Waals surface area contributed by atoms with Crippen molar-refractivity contribution in [3.63, 3.8) is 0 Å². The van der Waals surface area contributed by atoms with Crippen molar-refractivity contribution in [2.45, 2.75) is 25.1 Å². The van der Waals surface area contributed by atoms with Gasteiger partial charge in [-0.3, -0.25) is 9.69 Å². The first-order chi connectivity index (χ1) is 12.3. The topological polar surface area (TPSA) is 93.4 Å². The second-order valence-corrected chi connectivity index (χ2v) is 6.27. The fourth-order valence-electron chi connectivity index (χ4n) is 3.07. The van der Waals surface area contributed by atoms with E-state index in [9.17, 15) is 4.79 Å². The van der Waals surface area contributed by atoms with Crippen molar-refractivity contribution >= 4 is 5.91 Å². The van der Waals surface area contributed by atoms with Crippen LogP contribution in [0.5, 0.6) is 0 Å². The van der Waals surface area contributed by atoms with Crippen LogP contribution in [0.2, 0.25) is 0 Å². The summed E-state index contributed by atoms with van der Waals surface area (Å²) in [5.41, 5.74) is 0.495. The highest BCUT2D eigenvalue weighted by Gasteiger charge is 2.28. The number of aliphatic hydroxyl groups is 1. The van der Waals surface area contributed by atoms with E-state index in [0.717, 1.165) is 32.1 Å². The summed E-state index contributed by atoms with van der Waals surface area (Å²) in [6, 6.07) is 1.54. The van der Waals surface area contributed by atoms with Gasteiger partial charge in [0.1, 0.15) is 12.0 Å². The predicted molar refractivity (Wildman–Crippen MR) is 88.3 cm³/mol. The molecule has 0 unspecified atom stereocenters. The Kier molecular flexibility index (Phi) is 6.83. The zero-order chi connectivity index (χ0) is 17.5. The van der Waals surface area contributed by atoms with E-state index in [1.807, 2.05) is 0 Å². The van der Waals surface area contributed by atoms with Gasteiger partial charge in [0.15, 0.2) is 0 Å². The maximum atomic E-state index is 12.5.